The average molecular weight is 251 g/mol. The number of hydrogen-bond acceptors (Lipinski definition) is 3. The zero-order chi connectivity index (χ0) is 13.1. The second kappa shape index (κ2) is 5.25. The average Bonchev–Trinajstić information content (AvgIpc) is 2.96. The summed E-state index contributed by atoms with van der Waals surface area (Å²) in [6.07, 6.45) is 2.59. The molecule has 1 amide bonds. The quantitative estimate of drug-likeness (QED) is 0.855. The highest BCUT2D eigenvalue weighted by molar-refractivity contribution is 5.91. The van der Waals surface area contributed by atoms with Crippen molar-refractivity contribution in [3.63, 3.8) is 0 Å². The highest BCUT2D eigenvalue weighted by atomic mass is 16.4. The molecule has 1 aromatic heterocycles. The van der Waals surface area contributed by atoms with Crippen LogP contribution < -0.4 is 5.32 Å². The number of furan rings is 1. The highest BCUT2D eigenvalue weighted by Gasteiger charge is 2.31. The number of nitrogens with one attached hydrogen (secondary N) is 1. The molecule has 2 N–H and O–H groups in total. The van der Waals surface area contributed by atoms with Gasteiger partial charge in [-0.2, -0.15) is 0 Å². The molecule has 0 aliphatic heterocycles. The lowest BCUT2D eigenvalue weighted by Crippen LogP contribution is -2.33. The van der Waals surface area contributed by atoms with Crippen molar-refractivity contribution in [1.82, 2.24) is 5.32 Å². The Morgan fingerprint density at radius 3 is 2.78 bits per heavy atom. The summed E-state index contributed by atoms with van der Waals surface area (Å²) < 4.78 is 5.35. The van der Waals surface area contributed by atoms with E-state index in [0.29, 0.717) is 25.0 Å². The summed E-state index contributed by atoms with van der Waals surface area (Å²) in [5.41, 5.74) is 0. The van der Waals surface area contributed by atoms with E-state index in [2.05, 4.69) is 5.32 Å². The predicted octanol–water partition coefficient (Wildman–Crippen LogP) is 1.83. The van der Waals surface area contributed by atoms with Gasteiger partial charge in [0.05, 0.1) is 5.92 Å². The van der Waals surface area contributed by atoms with E-state index < -0.39 is 5.97 Å². The van der Waals surface area contributed by atoms with Gasteiger partial charge in [-0.15, -0.1) is 0 Å². The summed E-state index contributed by atoms with van der Waals surface area (Å²) in [5.74, 6) is -0.303. The summed E-state index contributed by atoms with van der Waals surface area (Å²) in [6, 6.07) is 3.37. The van der Waals surface area contributed by atoms with Gasteiger partial charge in [-0.25, -0.2) is 0 Å². The molecule has 0 bridgehead atoms. The Morgan fingerprint density at radius 1 is 1.44 bits per heavy atom. The van der Waals surface area contributed by atoms with Crippen molar-refractivity contribution in [2.75, 3.05) is 0 Å². The zero-order valence-corrected chi connectivity index (χ0v) is 10.3. The minimum atomic E-state index is -0.780. The maximum atomic E-state index is 11.9. The maximum Gasteiger partial charge on any atom is 0.306 e. The third-order valence-corrected chi connectivity index (χ3v) is 3.35. The van der Waals surface area contributed by atoms with Crippen LogP contribution in [-0.4, -0.2) is 23.0 Å². The van der Waals surface area contributed by atoms with Crippen LogP contribution in [0.4, 0.5) is 0 Å². The smallest absolute Gasteiger partial charge is 0.306 e. The first-order valence-corrected chi connectivity index (χ1v) is 6.22. The lowest BCUT2D eigenvalue weighted by molar-refractivity contribution is -0.141. The number of hydrogen-bond donors (Lipinski definition) is 2. The first-order chi connectivity index (χ1) is 8.60. The molecule has 0 radical (unpaired) electrons. The van der Waals surface area contributed by atoms with Crippen LogP contribution in [0.1, 0.15) is 42.5 Å². The molecule has 1 saturated carbocycles. The van der Waals surface area contributed by atoms with E-state index >= 15 is 0 Å². The van der Waals surface area contributed by atoms with E-state index in [1.807, 2.05) is 6.92 Å². The number of amides is 1. The molecule has 2 atom stereocenters. The Morgan fingerprint density at radius 2 is 2.22 bits per heavy atom. The molecule has 1 heterocycles. The van der Waals surface area contributed by atoms with Gasteiger partial charge >= 0.3 is 5.97 Å². The van der Waals surface area contributed by atoms with Gasteiger partial charge in [-0.3, -0.25) is 9.59 Å². The van der Waals surface area contributed by atoms with Gasteiger partial charge in [-0.05, 0) is 31.4 Å². The molecule has 98 valence electrons. The van der Waals surface area contributed by atoms with Crippen molar-refractivity contribution in [2.45, 2.75) is 38.6 Å². The van der Waals surface area contributed by atoms with Crippen LogP contribution in [0.25, 0.3) is 0 Å². The van der Waals surface area contributed by atoms with E-state index in [4.69, 9.17) is 9.52 Å². The van der Waals surface area contributed by atoms with Gasteiger partial charge in [0.2, 0.25) is 0 Å². The summed E-state index contributed by atoms with van der Waals surface area (Å²) in [7, 11) is 0. The zero-order valence-electron chi connectivity index (χ0n) is 10.3. The first-order valence-electron chi connectivity index (χ1n) is 6.22. The van der Waals surface area contributed by atoms with Crippen molar-refractivity contribution in [1.29, 1.82) is 0 Å². The van der Waals surface area contributed by atoms with Gasteiger partial charge < -0.3 is 14.8 Å². The van der Waals surface area contributed by atoms with E-state index in [-0.39, 0.29) is 17.9 Å². The number of carboxylic acids is 1. The molecule has 0 unspecified atom stereocenters. The minimum Gasteiger partial charge on any atom is -0.481 e. The SMILES string of the molecule is CCc1ccc(C(=O)N[C@H]2CC[C@@H](C(=O)O)C2)o1. The highest BCUT2D eigenvalue weighted by Crippen LogP contribution is 2.26. The second-order valence-electron chi connectivity index (χ2n) is 4.64. The van der Waals surface area contributed by atoms with Crippen molar-refractivity contribution < 1.29 is 19.1 Å². The van der Waals surface area contributed by atoms with Gasteiger partial charge in [0.15, 0.2) is 5.76 Å². The van der Waals surface area contributed by atoms with Crippen molar-refractivity contribution in [3.05, 3.63) is 23.7 Å². The van der Waals surface area contributed by atoms with Crippen LogP contribution in [0.3, 0.4) is 0 Å². The van der Waals surface area contributed by atoms with E-state index in [1.54, 1.807) is 12.1 Å². The molecular weight excluding hydrogens is 234 g/mol. The fraction of sp³-hybridized carbons (Fsp3) is 0.538. The van der Waals surface area contributed by atoms with E-state index in [0.717, 1.165) is 12.2 Å². The molecule has 1 aliphatic rings. The number of carbonyl (C=O) groups excluding carboxylic acids is 1. The summed E-state index contributed by atoms with van der Waals surface area (Å²) in [4.78, 5) is 22.7. The van der Waals surface area contributed by atoms with Crippen LogP contribution in [0.15, 0.2) is 16.5 Å². The Bertz CT molecular complexity index is 452. The number of aryl methyl sites for hydroxylation is 1. The minimum absolute atomic E-state index is 0.0613. The van der Waals surface area contributed by atoms with Crippen molar-refractivity contribution in [2.24, 2.45) is 5.92 Å². The Labute approximate surface area is 105 Å². The number of rotatable bonds is 4. The second-order valence-corrected chi connectivity index (χ2v) is 4.64. The lowest BCUT2D eigenvalue weighted by atomic mass is 10.1. The lowest BCUT2D eigenvalue weighted by Gasteiger charge is -2.10. The molecule has 0 saturated heterocycles. The van der Waals surface area contributed by atoms with Crippen LogP contribution in [0.5, 0.6) is 0 Å². The summed E-state index contributed by atoms with van der Waals surface area (Å²) in [5, 5.41) is 11.7. The monoisotopic (exact) mass is 251 g/mol. The van der Waals surface area contributed by atoms with E-state index in [1.165, 1.54) is 0 Å². The molecule has 5 heteroatoms. The molecule has 5 nitrogen and oxygen atoms in total. The van der Waals surface area contributed by atoms with Gasteiger partial charge in [-0.1, -0.05) is 6.92 Å². The van der Waals surface area contributed by atoms with Crippen molar-refractivity contribution >= 4 is 11.9 Å². The van der Waals surface area contributed by atoms with E-state index in [9.17, 15) is 9.59 Å². The fourth-order valence-electron chi connectivity index (χ4n) is 2.28. The molecule has 0 spiro atoms. The molecule has 1 aliphatic carbocycles. The normalized spacial score (nSPS) is 22.9. The predicted molar refractivity (Wildman–Crippen MR) is 64.3 cm³/mol. The third kappa shape index (κ3) is 2.72. The molecule has 1 fully saturated rings. The number of carboxylic acid groups (broad SMARTS) is 1. The standard InChI is InChI=1S/C13H17NO4/c1-2-10-5-6-11(18-10)12(15)14-9-4-3-8(7-9)13(16)17/h5-6,8-9H,2-4,7H2,1H3,(H,14,15)(H,16,17)/t8-,9+/m1/s1. The Hall–Kier alpha value is -1.78. The summed E-state index contributed by atoms with van der Waals surface area (Å²) in [6.45, 7) is 1.95. The topological polar surface area (TPSA) is 79.5 Å². The van der Waals surface area contributed by atoms with Crippen LogP contribution in [-0.2, 0) is 11.2 Å². The number of carbonyl (C=O) groups is 2. The molecular formula is C13H17NO4. The van der Waals surface area contributed by atoms with Gasteiger partial charge in [0.25, 0.3) is 5.91 Å². The molecule has 2 rings (SSSR count). The molecule has 18 heavy (non-hydrogen) atoms. The maximum absolute atomic E-state index is 11.9. The third-order valence-electron chi connectivity index (χ3n) is 3.35. The van der Waals surface area contributed by atoms with Crippen molar-refractivity contribution in [3.8, 4) is 0 Å². The largest absolute Gasteiger partial charge is 0.481 e. The Kier molecular flexibility index (Phi) is 3.69. The molecule has 0 aromatic carbocycles. The van der Waals surface area contributed by atoms with Crippen LogP contribution in [0, 0.1) is 5.92 Å². The van der Waals surface area contributed by atoms with Gasteiger partial charge in [0, 0.05) is 12.5 Å². The van der Waals surface area contributed by atoms with Gasteiger partial charge in [0.1, 0.15) is 5.76 Å². The van der Waals surface area contributed by atoms with Crippen LogP contribution in [0.2, 0.25) is 0 Å². The molecule has 1 aromatic rings. The van der Waals surface area contributed by atoms with Crippen LogP contribution >= 0.6 is 0 Å². The summed E-state index contributed by atoms with van der Waals surface area (Å²) >= 11 is 0. The fourth-order valence-corrected chi connectivity index (χ4v) is 2.28. The first kappa shape index (κ1) is 12.7. The number of aliphatic carboxylic acids is 1. The Balaban J connectivity index is 1.90.